The number of hydrogen-bond acceptors (Lipinski definition) is 5. The lowest BCUT2D eigenvalue weighted by atomic mass is 10.3. The van der Waals surface area contributed by atoms with Crippen molar-refractivity contribution in [2.75, 3.05) is 6.61 Å². The van der Waals surface area contributed by atoms with Gasteiger partial charge in [0.25, 0.3) is 11.8 Å². The van der Waals surface area contributed by atoms with Crippen LogP contribution in [0.5, 0.6) is 11.5 Å². The van der Waals surface area contributed by atoms with Crippen LogP contribution >= 0.6 is 11.6 Å². The van der Waals surface area contributed by atoms with Gasteiger partial charge in [0.05, 0.1) is 17.3 Å². The van der Waals surface area contributed by atoms with E-state index < -0.39 is 17.9 Å². The number of aromatic nitrogens is 2. The molecule has 3 rings (SSSR count). The Labute approximate surface area is 178 Å². The fraction of sp³-hybridized carbons (Fsp3) is 0.190. The molecule has 2 N–H and O–H groups in total. The van der Waals surface area contributed by atoms with Crippen molar-refractivity contribution in [3.05, 3.63) is 71.5 Å². The van der Waals surface area contributed by atoms with Crippen LogP contribution in [-0.4, -0.2) is 34.3 Å². The second-order valence-electron chi connectivity index (χ2n) is 6.20. The molecule has 0 aliphatic heterocycles. The molecule has 2 amide bonds. The molecule has 3 aromatic rings. The highest BCUT2D eigenvalue weighted by Crippen LogP contribution is 2.19. The summed E-state index contributed by atoms with van der Waals surface area (Å²) in [5.74, 6) is 0.140. The molecule has 0 saturated heterocycles. The van der Waals surface area contributed by atoms with E-state index in [1.807, 2.05) is 13.0 Å². The average Bonchev–Trinajstić information content (AvgIpc) is 3.23. The Balaban J connectivity index is 1.53. The van der Waals surface area contributed by atoms with Crippen molar-refractivity contribution in [2.24, 2.45) is 0 Å². The third-order valence-electron chi connectivity index (χ3n) is 4.04. The largest absolute Gasteiger partial charge is 0.494 e. The van der Waals surface area contributed by atoms with Crippen LogP contribution < -0.4 is 20.3 Å². The second-order valence-corrected chi connectivity index (χ2v) is 6.61. The third-order valence-corrected chi connectivity index (χ3v) is 4.36. The number of hydrogen-bond donors (Lipinski definition) is 2. The number of amides is 2. The predicted molar refractivity (Wildman–Crippen MR) is 112 cm³/mol. The maximum absolute atomic E-state index is 12.3. The van der Waals surface area contributed by atoms with Gasteiger partial charge in [0, 0.05) is 6.20 Å². The minimum atomic E-state index is -0.830. The Hall–Kier alpha value is -3.52. The summed E-state index contributed by atoms with van der Waals surface area (Å²) in [5.41, 5.74) is 5.41. The molecule has 2 aromatic carbocycles. The first-order valence-corrected chi connectivity index (χ1v) is 9.66. The first kappa shape index (κ1) is 21.2. The minimum Gasteiger partial charge on any atom is -0.494 e. The highest BCUT2D eigenvalue weighted by molar-refractivity contribution is 6.32. The Kier molecular flexibility index (Phi) is 6.92. The summed E-state index contributed by atoms with van der Waals surface area (Å²) in [6.07, 6.45) is 0.777. The average molecular weight is 429 g/mol. The number of benzene rings is 2. The first-order valence-electron chi connectivity index (χ1n) is 9.28. The van der Waals surface area contributed by atoms with Crippen molar-refractivity contribution >= 4 is 23.4 Å². The Morgan fingerprint density at radius 1 is 1.07 bits per heavy atom. The zero-order chi connectivity index (χ0) is 21.5. The molecule has 0 aliphatic carbocycles. The quantitative estimate of drug-likeness (QED) is 0.564. The highest BCUT2D eigenvalue weighted by Gasteiger charge is 2.17. The summed E-state index contributed by atoms with van der Waals surface area (Å²) < 4.78 is 12.4. The van der Waals surface area contributed by atoms with Gasteiger partial charge < -0.3 is 9.47 Å². The van der Waals surface area contributed by atoms with Gasteiger partial charge in [-0.2, -0.15) is 5.10 Å². The van der Waals surface area contributed by atoms with Crippen LogP contribution in [0.2, 0.25) is 5.02 Å². The van der Waals surface area contributed by atoms with E-state index in [1.165, 1.54) is 10.7 Å². The fourth-order valence-electron chi connectivity index (χ4n) is 2.54. The maximum Gasteiger partial charge on any atom is 0.290 e. The molecule has 0 aliphatic rings. The summed E-state index contributed by atoms with van der Waals surface area (Å²) in [6, 6.07) is 15.5. The number of nitrogens with zero attached hydrogens (tertiary/aromatic N) is 2. The lowest BCUT2D eigenvalue weighted by Gasteiger charge is -2.15. The van der Waals surface area contributed by atoms with E-state index in [2.05, 4.69) is 16.0 Å². The molecule has 1 unspecified atom stereocenters. The van der Waals surface area contributed by atoms with Crippen molar-refractivity contribution in [1.29, 1.82) is 0 Å². The van der Waals surface area contributed by atoms with Crippen LogP contribution in [0.3, 0.4) is 0 Å². The Morgan fingerprint density at radius 3 is 2.47 bits per heavy atom. The van der Waals surface area contributed by atoms with E-state index >= 15 is 0 Å². The zero-order valence-corrected chi connectivity index (χ0v) is 17.2. The van der Waals surface area contributed by atoms with Gasteiger partial charge in [-0.25, -0.2) is 4.68 Å². The van der Waals surface area contributed by atoms with E-state index in [0.29, 0.717) is 28.8 Å². The van der Waals surface area contributed by atoms with Gasteiger partial charge in [0.2, 0.25) is 0 Å². The molecule has 8 nitrogen and oxygen atoms in total. The molecular formula is C21H21ClN4O4. The number of halogens is 1. The predicted octanol–water partition coefficient (Wildman–Crippen LogP) is 3.15. The van der Waals surface area contributed by atoms with Gasteiger partial charge in [-0.1, -0.05) is 23.7 Å². The number of nitrogens with one attached hydrogen (secondary N) is 2. The van der Waals surface area contributed by atoms with E-state index in [4.69, 9.17) is 21.1 Å². The van der Waals surface area contributed by atoms with Gasteiger partial charge in [-0.15, -0.1) is 0 Å². The van der Waals surface area contributed by atoms with Crippen LogP contribution in [0.25, 0.3) is 5.69 Å². The SMILES string of the molecule is CCOc1ccc(OC(C)C(=O)NNC(=O)c2ccn(-c3ccccc3Cl)n2)cc1. The van der Waals surface area contributed by atoms with Crippen LogP contribution in [0.4, 0.5) is 0 Å². The molecule has 0 fully saturated rings. The fourth-order valence-corrected chi connectivity index (χ4v) is 2.76. The van der Waals surface area contributed by atoms with Crippen molar-refractivity contribution in [3.63, 3.8) is 0 Å². The van der Waals surface area contributed by atoms with Crippen LogP contribution in [0.15, 0.2) is 60.8 Å². The van der Waals surface area contributed by atoms with Crippen LogP contribution in [-0.2, 0) is 4.79 Å². The summed E-state index contributed by atoms with van der Waals surface area (Å²) in [4.78, 5) is 24.5. The molecule has 1 atom stereocenters. The molecule has 0 radical (unpaired) electrons. The van der Waals surface area contributed by atoms with E-state index in [1.54, 1.807) is 55.6 Å². The lowest BCUT2D eigenvalue weighted by Crippen LogP contribution is -2.47. The second kappa shape index (κ2) is 9.80. The summed E-state index contributed by atoms with van der Waals surface area (Å²) in [5, 5.41) is 4.68. The van der Waals surface area contributed by atoms with Gasteiger partial charge in [-0.05, 0) is 56.3 Å². The molecule has 1 heterocycles. The van der Waals surface area contributed by atoms with Gasteiger partial charge in [-0.3, -0.25) is 20.4 Å². The first-order chi connectivity index (χ1) is 14.5. The number of carbonyl (C=O) groups excluding carboxylic acids is 2. The van der Waals surface area contributed by atoms with Crippen molar-refractivity contribution in [1.82, 2.24) is 20.6 Å². The maximum atomic E-state index is 12.3. The third kappa shape index (κ3) is 5.30. The van der Waals surface area contributed by atoms with Gasteiger partial charge >= 0.3 is 0 Å². The molecule has 0 saturated carbocycles. The monoisotopic (exact) mass is 428 g/mol. The van der Waals surface area contributed by atoms with E-state index in [-0.39, 0.29) is 5.69 Å². The highest BCUT2D eigenvalue weighted by atomic mass is 35.5. The standard InChI is InChI=1S/C21H21ClN4O4/c1-3-29-15-8-10-16(11-9-15)30-14(2)20(27)23-24-21(28)18-12-13-26(25-18)19-7-5-4-6-17(19)22/h4-14H,3H2,1-2H3,(H,23,27)(H,24,28). The molecule has 156 valence electrons. The molecule has 0 spiro atoms. The normalized spacial score (nSPS) is 11.4. The molecule has 0 bridgehead atoms. The topological polar surface area (TPSA) is 94.5 Å². The zero-order valence-electron chi connectivity index (χ0n) is 16.5. The van der Waals surface area contributed by atoms with Crippen LogP contribution in [0, 0.1) is 0 Å². The molecule has 30 heavy (non-hydrogen) atoms. The lowest BCUT2D eigenvalue weighted by molar-refractivity contribution is -0.128. The van der Waals surface area contributed by atoms with Crippen molar-refractivity contribution in [2.45, 2.75) is 20.0 Å². The van der Waals surface area contributed by atoms with E-state index in [0.717, 1.165) is 0 Å². The number of rotatable bonds is 7. The van der Waals surface area contributed by atoms with Gasteiger partial charge in [0.15, 0.2) is 11.8 Å². The van der Waals surface area contributed by atoms with Crippen LogP contribution in [0.1, 0.15) is 24.3 Å². The summed E-state index contributed by atoms with van der Waals surface area (Å²) in [6.45, 7) is 4.03. The number of hydrazine groups is 1. The van der Waals surface area contributed by atoms with Crippen molar-refractivity contribution < 1.29 is 19.1 Å². The number of ether oxygens (including phenoxy) is 2. The van der Waals surface area contributed by atoms with E-state index in [9.17, 15) is 9.59 Å². The van der Waals surface area contributed by atoms with Crippen molar-refractivity contribution in [3.8, 4) is 17.2 Å². The number of para-hydroxylation sites is 1. The van der Waals surface area contributed by atoms with Gasteiger partial charge in [0.1, 0.15) is 11.5 Å². The summed E-state index contributed by atoms with van der Waals surface area (Å²) >= 11 is 6.14. The Bertz CT molecular complexity index is 1020. The summed E-state index contributed by atoms with van der Waals surface area (Å²) in [7, 11) is 0. The smallest absolute Gasteiger partial charge is 0.290 e. The molecule has 1 aromatic heterocycles. The Morgan fingerprint density at radius 2 is 1.77 bits per heavy atom. The minimum absolute atomic E-state index is 0.121. The molecule has 9 heteroatoms. The molecular weight excluding hydrogens is 408 g/mol. The number of carbonyl (C=O) groups is 2.